The summed E-state index contributed by atoms with van der Waals surface area (Å²) in [5, 5.41) is 0.803. The van der Waals surface area contributed by atoms with Crippen molar-refractivity contribution in [2.45, 2.75) is 97.7 Å². The van der Waals surface area contributed by atoms with Gasteiger partial charge in [0, 0.05) is 5.25 Å². The van der Waals surface area contributed by atoms with Crippen LogP contribution in [0.5, 0.6) is 0 Å². The first kappa shape index (κ1) is 30.0. The van der Waals surface area contributed by atoms with E-state index in [2.05, 4.69) is 114 Å². The summed E-state index contributed by atoms with van der Waals surface area (Å²) in [5.74, 6) is 3.79. The molecule has 39 heavy (non-hydrogen) atoms. The molecule has 0 amide bonds. The SMILES string of the molecule is C=CC=C(C=CC1CC(CC2CC=C(C)S2)CCC1CC1=CC=C(CC(C)C(C)C)CC1)c1ccccc1C. The molecule has 1 aromatic carbocycles. The number of aryl methyl sites for hydroxylation is 1. The predicted octanol–water partition coefficient (Wildman–Crippen LogP) is 11.7. The molecule has 0 bridgehead atoms. The van der Waals surface area contributed by atoms with Gasteiger partial charge >= 0.3 is 0 Å². The quantitative estimate of drug-likeness (QED) is 0.251. The highest BCUT2D eigenvalue weighted by atomic mass is 32.2. The van der Waals surface area contributed by atoms with Gasteiger partial charge in [-0.25, -0.2) is 0 Å². The first-order chi connectivity index (χ1) is 18.8. The Labute approximate surface area is 244 Å². The molecule has 210 valence electrons. The molecule has 2 aliphatic carbocycles. The van der Waals surface area contributed by atoms with Gasteiger partial charge in [0.15, 0.2) is 0 Å². The fourth-order valence-corrected chi connectivity index (χ4v) is 8.05. The maximum atomic E-state index is 4.02. The van der Waals surface area contributed by atoms with Gasteiger partial charge in [-0.15, -0.1) is 11.8 Å². The number of thioether (sulfide) groups is 1. The molecule has 3 aliphatic rings. The average molecular weight is 541 g/mol. The first-order valence-electron chi connectivity index (χ1n) is 15.6. The summed E-state index contributed by atoms with van der Waals surface area (Å²) in [5.41, 5.74) is 7.29. The van der Waals surface area contributed by atoms with Crippen molar-refractivity contribution in [3.05, 3.63) is 101 Å². The van der Waals surface area contributed by atoms with Gasteiger partial charge in [0.25, 0.3) is 0 Å². The van der Waals surface area contributed by atoms with Crippen LogP contribution < -0.4 is 0 Å². The number of benzene rings is 1. The van der Waals surface area contributed by atoms with Crippen LogP contribution >= 0.6 is 11.8 Å². The monoisotopic (exact) mass is 540 g/mol. The van der Waals surface area contributed by atoms with Crippen LogP contribution in [0, 0.1) is 36.5 Å². The Hall–Kier alpha value is -1.99. The van der Waals surface area contributed by atoms with Gasteiger partial charge in [-0.05, 0) is 116 Å². The van der Waals surface area contributed by atoms with Crippen LogP contribution in [-0.4, -0.2) is 5.25 Å². The summed E-state index contributed by atoms with van der Waals surface area (Å²) in [6.07, 6.45) is 28.4. The molecule has 1 saturated carbocycles. The lowest BCUT2D eigenvalue weighted by atomic mass is 9.69. The van der Waals surface area contributed by atoms with E-state index in [9.17, 15) is 0 Å². The highest BCUT2D eigenvalue weighted by Crippen LogP contribution is 2.45. The van der Waals surface area contributed by atoms with E-state index in [4.69, 9.17) is 0 Å². The second-order valence-electron chi connectivity index (χ2n) is 12.9. The Bertz CT molecular complexity index is 1120. The zero-order valence-electron chi connectivity index (χ0n) is 25.3. The van der Waals surface area contributed by atoms with Crippen molar-refractivity contribution >= 4 is 17.3 Å². The van der Waals surface area contributed by atoms with Crippen molar-refractivity contribution in [3.8, 4) is 0 Å². The van der Waals surface area contributed by atoms with Gasteiger partial charge < -0.3 is 0 Å². The topological polar surface area (TPSA) is 0 Å². The van der Waals surface area contributed by atoms with Crippen LogP contribution in [0.25, 0.3) is 5.57 Å². The molecule has 0 aromatic heterocycles. The van der Waals surface area contributed by atoms with Crippen molar-refractivity contribution < 1.29 is 0 Å². The lowest BCUT2D eigenvalue weighted by molar-refractivity contribution is 0.205. The van der Waals surface area contributed by atoms with Crippen LogP contribution in [-0.2, 0) is 0 Å². The van der Waals surface area contributed by atoms with Crippen molar-refractivity contribution in [1.82, 2.24) is 0 Å². The summed E-state index contributed by atoms with van der Waals surface area (Å²) in [6, 6.07) is 8.75. The number of hydrogen-bond acceptors (Lipinski definition) is 1. The second-order valence-corrected chi connectivity index (χ2v) is 14.5. The number of rotatable bonds is 11. The Kier molecular flexibility index (Phi) is 11.2. The summed E-state index contributed by atoms with van der Waals surface area (Å²) in [6.45, 7) is 15.6. The van der Waals surface area contributed by atoms with Gasteiger partial charge in [0.2, 0.25) is 0 Å². The molecule has 1 heterocycles. The van der Waals surface area contributed by atoms with Gasteiger partial charge in [0.05, 0.1) is 0 Å². The van der Waals surface area contributed by atoms with Gasteiger partial charge in [-0.3, -0.25) is 0 Å². The van der Waals surface area contributed by atoms with E-state index in [0.29, 0.717) is 5.92 Å². The van der Waals surface area contributed by atoms with Crippen molar-refractivity contribution in [3.63, 3.8) is 0 Å². The molecular weight excluding hydrogens is 488 g/mol. The zero-order chi connectivity index (χ0) is 27.8. The van der Waals surface area contributed by atoms with E-state index in [1.54, 1.807) is 11.1 Å². The maximum absolute atomic E-state index is 4.02. The minimum atomic E-state index is 0.647. The Morgan fingerprint density at radius 3 is 2.49 bits per heavy atom. The van der Waals surface area contributed by atoms with Gasteiger partial charge in [-0.2, -0.15) is 0 Å². The van der Waals surface area contributed by atoms with E-state index < -0.39 is 0 Å². The van der Waals surface area contributed by atoms with Crippen molar-refractivity contribution in [2.75, 3.05) is 0 Å². The lowest BCUT2D eigenvalue weighted by Gasteiger charge is -2.37. The Morgan fingerprint density at radius 2 is 1.82 bits per heavy atom. The minimum absolute atomic E-state index is 0.647. The number of hydrogen-bond donors (Lipinski definition) is 0. The first-order valence-corrected chi connectivity index (χ1v) is 16.5. The van der Waals surface area contributed by atoms with Crippen molar-refractivity contribution in [1.29, 1.82) is 0 Å². The van der Waals surface area contributed by atoms with Crippen LogP contribution in [0.4, 0.5) is 0 Å². The normalized spacial score (nSPS) is 26.9. The summed E-state index contributed by atoms with van der Waals surface area (Å²) in [4.78, 5) is 1.53. The van der Waals surface area contributed by atoms with E-state index in [0.717, 1.165) is 28.9 Å². The van der Waals surface area contributed by atoms with Gasteiger partial charge in [-0.1, -0.05) is 112 Å². The van der Waals surface area contributed by atoms with Crippen LogP contribution in [0.3, 0.4) is 0 Å². The van der Waals surface area contributed by atoms with E-state index >= 15 is 0 Å². The fourth-order valence-electron chi connectivity index (χ4n) is 6.77. The number of allylic oxidation sites excluding steroid dienone is 11. The molecule has 0 radical (unpaired) electrons. The molecule has 5 atom stereocenters. The molecule has 0 saturated heterocycles. The molecule has 1 fully saturated rings. The second kappa shape index (κ2) is 14.6. The fraction of sp³-hybridized carbons (Fsp3) is 0.526. The third-order valence-corrected chi connectivity index (χ3v) is 10.9. The Morgan fingerprint density at radius 1 is 1.05 bits per heavy atom. The molecule has 0 N–H and O–H groups in total. The largest absolute Gasteiger partial charge is 0.127 e. The van der Waals surface area contributed by atoms with E-state index in [1.165, 1.54) is 79.4 Å². The minimum Gasteiger partial charge on any atom is -0.127 e. The van der Waals surface area contributed by atoms with Gasteiger partial charge in [0.1, 0.15) is 0 Å². The predicted molar refractivity (Wildman–Crippen MR) is 176 cm³/mol. The summed E-state index contributed by atoms with van der Waals surface area (Å²) < 4.78 is 0. The highest BCUT2D eigenvalue weighted by molar-refractivity contribution is 8.03. The smallest absolute Gasteiger partial charge is 0.0128 e. The molecule has 4 rings (SSSR count). The summed E-state index contributed by atoms with van der Waals surface area (Å²) >= 11 is 2.13. The van der Waals surface area contributed by atoms with Crippen LogP contribution in [0.1, 0.15) is 96.6 Å². The molecule has 0 spiro atoms. The van der Waals surface area contributed by atoms with Crippen LogP contribution in [0.2, 0.25) is 0 Å². The molecule has 1 heteroatoms. The molecule has 0 nitrogen and oxygen atoms in total. The molecule has 1 aliphatic heterocycles. The molecular formula is C38H52S. The average Bonchev–Trinajstić information content (AvgIpc) is 3.33. The van der Waals surface area contributed by atoms with E-state index in [1.807, 2.05) is 6.08 Å². The third-order valence-electron chi connectivity index (χ3n) is 9.62. The van der Waals surface area contributed by atoms with Crippen molar-refractivity contribution in [2.24, 2.45) is 29.6 Å². The van der Waals surface area contributed by atoms with Crippen LogP contribution in [0.15, 0.2) is 89.4 Å². The standard InChI is InChI=1S/C38H52S/c1-7-10-34(38-12-9-8-11-28(38)4)20-21-36-25-33(26-37-22-13-30(6)39-37)18-19-35(36)24-32-16-14-31(15-17-32)23-29(5)27(2)3/h7-14,16,20-21,27,29,33,35-37H,1,15,17-19,22-26H2,2-6H3. The highest BCUT2D eigenvalue weighted by Gasteiger charge is 2.32. The molecule has 5 unspecified atom stereocenters. The zero-order valence-corrected chi connectivity index (χ0v) is 26.1. The molecule has 1 aromatic rings. The lowest BCUT2D eigenvalue weighted by Crippen LogP contribution is -2.26. The Balaban J connectivity index is 1.49. The third kappa shape index (κ3) is 8.75. The summed E-state index contributed by atoms with van der Waals surface area (Å²) in [7, 11) is 0. The maximum Gasteiger partial charge on any atom is 0.0128 e. The van der Waals surface area contributed by atoms with E-state index in [-0.39, 0.29) is 0 Å².